The number of nitrogens with one attached hydrogen (secondary N) is 2. The van der Waals surface area contributed by atoms with E-state index in [0.717, 1.165) is 0 Å². The van der Waals surface area contributed by atoms with Crippen molar-refractivity contribution in [2.45, 2.75) is 38.9 Å². The largest absolute Gasteiger partial charge is 0.390 e. The first kappa shape index (κ1) is 17.7. The first-order valence-electron chi connectivity index (χ1n) is 5.76. The highest BCUT2D eigenvalue weighted by molar-refractivity contribution is 5.95. The van der Waals surface area contributed by atoms with Crippen LogP contribution in [0.4, 0.5) is 18.0 Å². The van der Waals surface area contributed by atoms with Gasteiger partial charge in [0, 0.05) is 12.1 Å². The van der Waals surface area contributed by atoms with Crippen molar-refractivity contribution in [2.75, 3.05) is 20.1 Å². The van der Waals surface area contributed by atoms with Crippen LogP contribution in [0.15, 0.2) is 0 Å². The van der Waals surface area contributed by atoms with Crippen LogP contribution in [-0.4, -0.2) is 48.7 Å². The molecule has 0 aliphatic rings. The predicted molar refractivity (Wildman–Crippen MR) is 64.6 cm³/mol. The summed E-state index contributed by atoms with van der Waals surface area (Å²) in [6.07, 6.45) is -5.25. The molecule has 0 radical (unpaired) electrons. The Morgan fingerprint density at radius 1 is 1.16 bits per heavy atom. The van der Waals surface area contributed by atoms with E-state index in [0.29, 0.717) is 0 Å². The van der Waals surface area contributed by atoms with Crippen molar-refractivity contribution in [3.63, 3.8) is 0 Å². The lowest BCUT2D eigenvalue weighted by atomic mass is 10.1. The molecule has 0 bridgehead atoms. The number of rotatable bonds is 4. The molecule has 0 atom stereocenters. The fourth-order valence-corrected chi connectivity index (χ4v) is 1.18. The van der Waals surface area contributed by atoms with Gasteiger partial charge < -0.3 is 5.32 Å². The molecule has 0 saturated carbocycles. The summed E-state index contributed by atoms with van der Waals surface area (Å²) in [7, 11) is 1.38. The average molecular weight is 283 g/mol. The quantitative estimate of drug-likeness (QED) is 0.822. The molecule has 3 amide bonds. The predicted octanol–water partition coefficient (Wildman–Crippen LogP) is 1.49. The van der Waals surface area contributed by atoms with Gasteiger partial charge in [0.25, 0.3) is 0 Å². The molecule has 0 spiro atoms. The molecule has 0 aliphatic heterocycles. The summed E-state index contributed by atoms with van der Waals surface area (Å²) in [5.74, 6) is -0.647. The molecule has 0 aromatic carbocycles. The van der Waals surface area contributed by atoms with Gasteiger partial charge in [-0.05, 0) is 27.8 Å². The zero-order chi connectivity index (χ0) is 15.3. The van der Waals surface area contributed by atoms with Crippen molar-refractivity contribution in [2.24, 2.45) is 0 Å². The summed E-state index contributed by atoms with van der Waals surface area (Å²) in [6.45, 7) is 4.66. The number of likely N-dealkylation sites (N-methyl/N-ethyl adjacent to an activating group) is 1. The fourth-order valence-electron chi connectivity index (χ4n) is 1.18. The molecule has 0 aromatic rings. The van der Waals surface area contributed by atoms with E-state index in [1.807, 2.05) is 0 Å². The maximum absolute atomic E-state index is 12.0. The highest BCUT2D eigenvalue weighted by Gasteiger charge is 2.27. The van der Waals surface area contributed by atoms with Crippen LogP contribution in [0.1, 0.15) is 27.2 Å². The minimum Gasteiger partial charge on any atom is -0.333 e. The van der Waals surface area contributed by atoms with Gasteiger partial charge in [-0.1, -0.05) is 0 Å². The Bertz CT molecular complexity index is 324. The van der Waals surface area contributed by atoms with E-state index in [1.54, 1.807) is 20.8 Å². The van der Waals surface area contributed by atoms with Gasteiger partial charge in [-0.15, -0.1) is 0 Å². The van der Waals surface area contributed by atoms with E-state index in [-0.39, 0.29) is 13.1 Å². The Balaban J connectivity index is 4.01. The van der Waals surface area contributed by atoms with E-state index < -0.39 is 30.1 Å². The number of carbonyl (C=O) groups is 2. The van der Waals surface area contributed by atoms with Crippen molar-refractivity contribution in [3.05, 3.63) is 0 Å². The van der Waals surface area contributed by atoms with Gasteiger partial charge in [0.1, 0.15) is 0 Å². The monoisotopic (exact) mass is 283 g/mol. The Morgan fingerprint density at radius 3 is 2.11 bits per heavy atom. The molecule has 0 aromatic heterocycles. The van der Waals surface area contributed by atoms with E-state index in [2.05, 4.69) is 10.6 Å². The highest BCUT2D eigenvalue weighted by Crippen LogP contribution is 2.19. The van der Waals surface area contributed by atoms with Crippen LogP contribution in [0.25, 0.3) is 0 Å². The molecule has 8 heteroatoms. The number of nitrogens with zero attached hydrogens (tertiary/aromatic N) is 1. The molecule has 0 fully saturated rings. The first-order chi connectivity index (χ1) is 8.39. The highest BCUT2D eigenvalue weighted by atomic mass is 19.4. The van der Waals surface area contributed by atoms with E-state index in [1.165, 1.54) is 11.9 Å². The molecule has 0 heterocycles. The Hall–Kier alpha value is -1.31. The van der Waals surface area contributed by atoms with Crippen LogP contribution in [-0.2, 0) is 4.79 Å². The van der Waals surface area contributed by atoms with E-state index >= 15 is 0 Å². The van der Waals surface area contributed by atoms with Crippen LogP contribution in [0.5, 0.6) is 0 Å². The fraction of sp³-hybridized carbons (Fsp3) is 0.818. The Labute approximate surface area is 110 Å². The maximum atomic E-state index is 12.0. The maximum Gasteiger partial charge on any atom is 0.390 e. The summed E-state index contributed by atoms with van der Waals surface area (Å²) in [5.41, 5.74) is -0.494. The third-order valence-corrected chi connectivity index (χ3v) is 1.93. The zero-order valence-corrected chi connectivity index (χ0v) is 11.5. The molecule has 0 aliphatic carbocycles. The molecule has 0 rings (SSSR count). The number of hydrogen-bond donors (Lipinski definition) is 2. The van der Waals surface area contributed by atoms with Crippen LogP contribution < -0.4 is 10.6 Å². The lowest BCUT2D eigenvalue weighted by Gasteiger charge is -2.21. The molecule has 5 nitrogen and oxygen atoms in total. The van der Waals surface area contributed by atoms with Crippen molar-refractivity contribution >= 4 is 11.9 Å². The molecule has 0 saturated heterocycles. The second-order valence-electron chi connectivity index (χ2n) is 5.36. The Morgan fingerprint density at radius 2 is 1.68 bits per heavy atom. The molecule has 2 N–H and O–H groups in total. The van der Waals surface area contributed by atoms with Crippen LogP contribution in [0.3, 0.4) is 0 Å². The minimum atomic E-state index is -4.26. The standard InChI is InChI=1S/C11H20F3N3O2/c1-10(2,3)16-9(19)15-8(18)7-17(4)6-5-11(12,13)14/h5-7H2,1-4H3,(H2,15,16,18,19). The Kier molecular flexibility index (Phi) is 6.28. The summed E-state index contributed by atoms with van der Waals surface area (Å²) in [6, 6.07) is -0.665. The lowest BCUT2D eigenvalue weighted by molar-refractivity contribution is -0.139. The van der Waals surface area contributed by atoms with Crippen LogP contribution in [0.2, 0.25) is 0 Å². The average Bonchev–Trinajstić information content (AvgIpc) is 2.09. The molecule has 112 valence electrons. The van der Waals surface area contributed by atoms with Crippen molar-refractivity contribution in [1.82, 2.24) is 15.5 Å². The first-order valence-corrected chi connectivity index (χ1v) is 5.76. The third kappa shape index (κ3) is 11.5. The van der Waals surface area contributed by atoms with Gasteiger partial charge >= 0.3 is 12.2 Å². The van der Waals surface area contributed by atoms with Crippen LogP contribution in [0, 0.1) is 0 Å². The second kappa shape index (κ2) is 6.74. The number of imide groups is 1. The lowest BCUT2D eigenvalue weighted by Crippen LogP contribution is -2.50. The van der Waals surface area contributed by atoms with Crippen molar-refractivity contribution < 1.29 is 22.8 Å². The molecular weight excluding hydrogens is 263 g/mol. The summed E-state index contributed by atoms with van der Waals surface area (Å²) in [4.78, 5) is 23.9. The van der Waals surface area contributed by atoms with Crippen molar-refractivity contribution in [3.8, 4) is 0 Å². The summed E-state index contributed by atoms with van der Waals surface area (Å²) in [5, 5.41) is 4.56. The summed E-state index contributed by atoms with van der Waals surface area (Å²) >= 11 is 0. The van der Waals surface area contributed by atoms with Gasteiger partial charge in [-0.3, -0.25) is 15.0 Å². The minimum absolute atomic E-state index is 0.270. The summed E-state index contributed by atoms with van der Waals surface area (Å²) < 4.78 is 35.9. The van der Waals surface area contributed by atoms with Crippen LogP contribution >= 0.6 is 0 Å². The van der Waals surface area contributed by atoms with Gasteiger partial charge in [-0.2, -0.15) is 13.2 Å². The number of hydrogen-bond acceptors (Lipinski definition) is 3. The van der Waals surface area contributed by atoms with Gasteiger partial charge in [0.15, 0.2) is 0 Å². The normalized spacial score (nSPS) is 12.4. The van der Waals surface area contributed by atoms with E-state index in [4.69, 9.17) is 0 Å². The second-order valence-corrected chi connectivity index (χ2v) is 5.36. The van der Waals surface area contributed by atoms with E-state index in [9.17, 15) is 22.8 Å². The zero-order valence-electron chi connectivity index (χ0n) is 11.5. The molecular formula is C11H20F3N3O2. The number of alkyl halides is 3. The number of amides is 3. The number of carbonyl (C=O) groups excluding carboxylic acids is 2. The van der Waals surface area contributed by atoms with Gasteiger partial charge in [0.05, 0.1) is 13.0 Å². The van der Waals surface area contributed by atoms with Gasteiger partial charge in [-0.25, -0.2) is 4.79 Å². The number of urea groups is 1. The molecule has 19 heavy (non-hydrogen) atoms. The number of halogens is 3. The third-order valence-electron chi connectivity index (χ3n) is 1.93. The van der Waals surface area contributed by atoms with Gasteiger partial charge in [0.2, 0.25) is 5.91 Å². The topological polar surface area (TPSA) is 61.4 Å². The van der Waals surface area contributed by atoms with Crippen molar-refractivity contribution in [1.29, 1.82) is 0 Å². The molecule has 0 unspecified atom stereocenters. The smallest absolute Gasteiger partial charge is 0.333 e. The SMILES string of the molecule is CN(CCC(F)(F)F)CC(=O)NC(=O)NC(C)(C)C.